The fourth-order valence-electron chi connectivity index (χ4n) is 1.84. The van der Waals surface area contributed by atoms with Crippen LogP contribution in [-0.2, 0) is 0 Å². The number of hydrogen-bond donors (Lipinski definition) is 0. The highest BCUT2D eigenvalue weighted by molar-refractivity contribution is 5.86. The maximum atomic E-state index is 10.9. The van der Waals surface area contributed by atoms with Crippen molar-refractivity contribution in [2.75, 3.05) is 7.11 Å². The first-order valence-electron chi connectivity index (χ1n) is 5.45. The van der Waals surface area contributed by atoms with Crippen LogP contribution in [0.1, 0.15) is 15.9 Å². The molecule has 2 aromatic carbocycles. The molecule has 0 atom stereocenters. The molecule has 0 saturated carbocycles. The molecular formula is C15H14O2. The number of hydrogen-bond acceptors (Lipinski definition) is 2. The highest BCUT2D eigenvalue weighted by Gasteiger charge is 2.09. The van der Waals surface area contributed by atoms with Gasteiger partial charge in [-0.05, 0) is 18.6 Å². The van der Waals surface area contributed by atoms with Gasteiger partial charge in [0, 0.05) is 5.56 Å². The zero-order chi connectivity index (χ0) is 12.3. The molecule has 2 aromatic rings. The van der Waals surface area contributed by atoms with Crippen LogP contribution in [0.2, 0.25) is 0 Å². The Balaban J connectivity index is 2.58. The summed E-state index contributed by atoms with van der Waals surface area (Å²) < 4.78 is 5.32. The molecule has 0 heterocycles. The number of carbonyl (C=O) groups is 1. The molecule has 17 heavy (non-hydrogen) atoms. The highest BCUT2D eigenvalue weighted by Crippen LogP contribution is 2.32. The summed E-state index contributed by atoms with van der Waals surface area (Å²) in [7, 11) is 1.58. The molecule has 0 spiro atoms. The van der Waals surface area contributed by atoms with Gasteiger partial charge in [0.05, 0.1) is 12.7 Å². The third-order valence-corrected chi connectivity index (χ3v) is 2.74. The maximum Gasteiger partial charge on any atom is 0.153 e. The average molecular weight is 226 g/mol. The van der Waals surface area contributed by atoms with Crippen molar-refractivity contribution in [2.45, 2.75) is 6.92 Å². The number of benzene rings is 2. The summed E-state index contributed by atoms with van der Waals surface area (Å²) in [6.45, 7) is 2.04. The number of aryl methyl sites for hydroxylation is 1. The largest absolute Gasteiger partial charge is 0.495 e. The molecule has 0 aliphatic rings. The summed E-state index contributed by atoms with van der Waals surface area (Å²) in [4.78, 5) is 10.9. The van der Waals surface area contributed by atoms with Crippen molar-refractivity contribution >= 4 is 6.29 Å². The summed E-state index contributed by atoms with van der Waals surface area (Å²) in [5, 5.41) is 0. The van der Waals surface area contributed by atoms with Gasteiger partial charge in [-0.1, -0.05) is 42.0 Å². The predicted molar refractivity (Wildman–Crippen MR) is 68.6 cm³/mol. The summed E-state index contributed by atoms with van der Waals surface area (Å²) in [6, 6.07) is 13.7. The van der Waals surface area contributed by atoms with Crippen molar-refractivity contribution in [2.24, 2.45) is 0 Å². The van der Waals surface area contributed by atoms with Crippen LogP contribution in [0.3, 0.4) is 0 Å². The molecular weight excluding hydrogens is 212 g/mol. The zero-order valence-corrected chi connectivity index (χ0v) is 9.94. The Hall–Kier alpha value is -2.09. The van der Waals surface area contributed by atoms with Gasteiger partial charge in [0.25, 0.3) is 0 Å². The third kappa shape index (κ3) is 2.21. The van der Waals surface area contributed by atoms with Crippen LogP contribution in [-0.4, -0.2) is 13.4 Å². The standard InChI is InChI=1S/C15H14O2/c1-11-6-8-12(9-7-11)14-5-3-4-13(10-16)15(14)17-2/h3-10H,1-2H3. The first-order valence-corrected chi connectivity index (χ1v) is 5.45. The Morgan fingerprint density at radius 2 is 1.76 bits per heavy atom. The number of para-hydroxylation sites is 1. The van der Waals surface area contributed by atoms with Crippen molar-refractivity contribution in [3.05, 3.63) is 53.6 Å². The lowest BCUT2D eigenvalue weighted by molar-refractivity contribution is 0.112. The van der Waals surface area contributed by atoms with Gasteiger partial charge in [0.2, 0.25) is 0 Å². The van der Waals surface area contributed by atoms with Crippen molar-refractivity contribution in [1.82, 2.24) is 0 Å². The Kier molecular flexibility index (Phi) is 3.24. The minimum Gasteiger partial charge on any atom is -0.495 e. The lowest BCUT2D eigenvalue weighted by atomic mass is 10.0. The summed E-state index contributed by atoms with van der Waals surface area (Å²) in [5.74, 6) is 0.631. The predicted octanol–water partition coefficient (Wildman–Crippen LogP) is 3.48. The number of ether oxygens (including phenoxy) is 1. The maximum absolute atomic E-state index is 10.9. The van der Waals surface area contributed by atoms with Crippen LogP contribution in [0.15, 0.2) is 42.5 Å². The van der Waals surface area contributed by atoms with Crippen LogP contribution in [0.25, 0.3) is 11.1 Å². The minimum absolute atomic E-state index is 0.575. The van der Waals surface area contributed by atoms with E-state index in [0.29, 0.717) is 11.3 Å². The van der Waals surface area contributed by atoms with E-state index in [9.17, 15) is 4.79 Å². The summed E-state index contributed by atoms with van der Waals surface area (Å²) in [6.07, 6.45) is 0.816. The van der Waals surface area contributed by atoms with Crippen LogP contribution in [0.4, 0.5) is 0 Å². The lowest BCUT2D eigenvalue weighted by Gasteiger charge is -2.10. The smallest absolute Gasteiger partial charge is 0.153 e. The van der Waals surface area contributed by atoms with E-state index in [4.69, 9.17) is 4.74 Å². The van der Waals surface area contributed by atoms with Gasteiger partial charge in [-0.2, -0.15) is 0 Å². The molecule has 86 valence electrons. The van der Waals surface area contributed by atoms with Gasteiger partial charge < -0.3 is 4.74 Å². The SMILES string of the molecule is COc1c(C=O)cccc1-c1ccc(C)cc1. The first kappa shape index (κ1) is 11.4. The van der Waals surface area contributed by atoms with Gasteiger partial charge in [0.1, 0.15) is 5.75 Å². The number of carbonyl (C=O) groups excluding carboxylic acids is 1. The lowest BCUT2D eigenvalue weighted by Crippen LogP contribution is -1.93. The normalized spacial score (nSPS) is 10.0. The first-order chi connectivity index (χ1) is 8.26. The molecule has 2 rings (SSSR count). The van der Waals surface area contributed by atoms with Crippen molar-refractivity contribution in [3.63, 3.8) is 0 Å². The molecule has 0 N–H and O–H groups in total. The van der Waals surface area contributed by atoms with Crippen molar-refractivity contribution in [3.8, 4) is 16.9 Å². The Morgan fingerprint density at radius 3 is 2.35 bits per heavy atom. The molecule has 0 saturated heterocycles. The summed E-state index contributed by atoms with van der Waals surface area (Å²) >= 11 is 0. The second-order valence-electron chi connectivity index (χ2n) is 3.91. The van der Waals surface area contributed by atoms with E-state index in [0.717, 1.165) is 17.4 Å². The van der Waals surface area contributed by atoms with E-state index < -0.39 is 0 Å². The van der Waals surface area contributed by atoms with Crippen LogP contribution >= 0.6 is 0 Å². The molecule has 0 radical (unpaired) electrons. The monoisotopic (exact) mass is 226 g/mol. The zero-order valence-electron chi connectivity index (χ0n) is 9.94. The van der Waals surface area contributed by atoms with Gasteiger partial charge in [-0.15, -0.1) is 0 Å². The molecule has 0 aliphatic heterocycles. The Labute approximate surface area is 101 Å². The van der Waals surface area contributed by atoms with Crippen molar-refractivity contribution < 1.29 is 9.53 Å². The average Bonchev–Trinajstić information content (AvgIpc) is 2.38. The molecule has 0 aliphatic carbocycles. The van der Waals surface area contributed by atoms with Crippen LogP contribution < -0.4 is 4.74 Å². The van der Waals surface area contributed by atoms with Gasteiger partial charge in [-0.25, -0.2) is 0 Å². The number of rotatable bonds is 3. The molecule has 0 bridgehead atoms. The number of methoxy groups -OCH3 is 1. The fourth-order valence-corrected chi connectivity index (χ4v) is 1.84. The minimum atomic E-state index is 0.575. The van der Waals surface area contributed by atoms with Crippen LogP contribution in [0, 0.1) is 6.92 Å². The molecule has 2 nitrogen and oxygen atoms in total. The quantitative estimate of drug-likeness (QED) is 0.749. The van der Waals surface area contributed by atoms with Crippen LogP contribution in [0.5, 0.6) is 5.75 Å². The van der Waals surface area contributed by atoms with Gasteiger partial charge >= 0.3 is 0 Å². The molecule has 0 unspecified atom stereocenters. The number of aldehydes is 1. The van der Waals surface area contributed by atoms with E-state index in [-0.39, 0.29) is 0 Å². The van der Waals surface area contributed by atoms with E-state index in [1.165, 1.54) is 5.56 Å². The molecule has 2 heteroatoms. The van der Waals surface area contributed by atoms with Gasteiger partial charge in [-0.3, -0.25) is 4.79 Å². The topological polar surface area (TPSA) is 26.3 Å². The second-order valence-corrected chi connectivity index (χ2v) is 3.91. The Morgan fingerprint density at radius 1 is 1.06 bits per heavy atom. The van der Waals surface area contributed by atoms with E-state index in [2.05, 4.69) is 0 Å². The Bertz CT molecular complexity index is 527. The van der Waals surface area contributed by atoms with Gasteiger partial charge in [0.15, 0.2) is 6.29 Å². The van der Waals surface area contributed by atoms with E-state index in [1.807, 2.05) is 43.3 Å². The fraction of sp³-hybridized carbons (Fsp3) is 0.133. The molecule has 0 aromatic heterocycles. The highest BCUT2D eigenvalue weighted by atomic mass is 16.5. The molecule has 0 amide bonds. The third-order valence-electron chi connectivity index (χ3n) is 2.74. The van der Waals surface area contributed by atoms with E-state index >= 15 is 0 Å². The van der Waals surface area contributed by atoms with Crippen molar-refractivity contribution in [1.29, 1.82) is 0 Å². The second kappa shape index (κ2) is 4.83. The van der Waals surface area contributed by atoms with E-state index in [1.54, 1.807) is 13.2 Å². The summed E-state index contributed by atoms with van der Waals surface area (Å²) in [5.41, 5.74) is 3.78. The molecule has 0 fully saturated rings.